The van der Waals surface area contributed by atoms with Crippen LogP contribution in [0.15, 0.2) is 9.77 Å². The van der Waals surface area contributed by atoms with E-state index in [-0.39, 0.29) is 0 Å². The minimum Gasteiger partial charge on any atom is -0.316 e. The van der Waals surface area contributed by atoms with Gasteiger partial charge in [0.05, 0.1) is 0 Å². The van der Waals surface area contributed by atoms with Gasteiger partial charge < -0.3 is 10.2 Å². The Morgan fingerprint density at radius 3 is 1.87 bits per heavy atom. The van der Waals surface area contributed by atoms with E-state index in [1.807, 2.05) is 27.7 Å². The van der Waals surface area contributed by atoms with Gasteiger partial charge in [0.1, 0.15) is 0 Å². The molecule has 31 heavy (non-hydrogen) atoms. The van der Waals surface area contributed by atoms with E-state index in [4.69, 9.17) is 11.1 Å². The quantitative estimate of drug-likeness (QED) is 0.202. The van der Waals surface area contributed by atoms with Gasteiger partial charge in [0, 0.05) is 22.9 Å². The Kier molecular flexibility index (Phi) is 14.0. The van der Waals surface area contributed by atoms with Crippen molar-refractivity contribution in [2.75, 3.05) is 33.2 Å². The van der Waals surface area contributed by atoms with Crippen molar-refractivity contribution in [3.8, 4) is 0 Å². The number of rotatable bonds is 4. The van der Waals surface area contributed by atoms with Crippen LogP contribution in [0.25, 0.3) is 20.9 Å². The van der Waals surface area contributed by atoms with Crippen molar-refractivity contribution in [1.82, 2.24) is 10.2 Å². The Morgan fingerprint density at radius 2 is 1.42 bits per heavy atom. The van der Waals surface area contributed by atoms with Crippen molar-refractivity contribution < 1.29 is 0 Å². The molecule has 4 aliphatic rings. The maximum atomic E-state index is 8.36. The molecule has 6 unspecified atom stereocenters. The molecule has 2 saturated carbocycles. The van der Waals surface area contributed by atoms with E-state index in [0.717, 1.165) is 13.1 Å². The fraction of sp³-hybridized carbons (Fsp3) is 1.00. The maximum Gasteiger partial charge on any atom is 0.00447 e. The second kappa shape index (κ2) is 15.3. The molecular weight excluding hydrogens is 426 g/mol. The molecule has 2 saturated heterocycles. The second-order valence-corrected chi connectivity index (χ2v) is 11.0. The summed E-state index contributed by atoms with van der Waals surface area (Å²) in [5.74, 6) is 0. The van der Waals surface area contributed by atoms with E-state index in [1.54, 1.807) is 0 Å². The number of nitrogens with one attached hydrogen (secondary N) is 1. The number of likely N-dealkylation sites (tertiary alicyclic amines) is 1. The molecule has 4 fully saturated rings. The molecule has 2 aliphatic carbocycles. The van der Waals surface area contributed by atoms with E-state index in [0.29, 0.717) is 39.6 Å². The maximum absolute atomic E-state index is 8.36. The van der Waals surface area contributed by atoms with Crippen molar-refractivity contribution in [3.63, 3.8) is 0 Å². The van der Waals surface area contributed by atoms with Gasteiger partial charge in [-0.05, 0) is 109 Å². The summed E-state index contributed by atoms with van der Waals surface area (Å²) in [6.45, 7) is 12.7. The van der Waals surface area contributed by atoms with Crippen molar-refractivity contribution >= 4 is 17.5 Å². The lowest BCUT2D eigenvalue weighted by Gasteiger charge is -2.29. The van der Waals surface area contributed by atoms with Gasteiger partial charge in [0.15, 0.2) is 0 Å². The highest BCUT2D eigenvalue weighted by Gasteiger charge is 2.46. The van der Waals surface area contributed by atoms with E-state index in [1.165, 1.54) is 64.5 Å². The highest BCUT2D eigenvalue weighted by Crippen LogP contribution is 2.53. The zero-order valence-corrected chi connectivity index (χ0v) is 22.3. The van der Waals surface area contributed by atoms with Crippen LogP contribution in [0.4, 0.5) is 0 Å². The van der Waals surface area contributed by atoms with Crippen LogP contribution in [-0.4, -0.2) is 49.4 Å². The molecule has 8 nitrogen and oxygen atoms in total. The zero-order chi connectivity index (χ0) is 23.2. The van der Waals surface area contributed by atoms with Crippen LogP contribution < -0.4 is 5.32 Å². The third-order valence-electron chi connectivity index (χ3n) is 7.18. The number of nitrogens with zero attached hydrogens (tertiary/aromatic N) is 7. The molecule has 0 amide bonds. The van der Waals surface area contributed by atoms with Crippen LogP contribution in [0, 0.1) is 10.8 Å². The zero-order valence-electron chi connectivity index (χ0n) is 20.3. The Bertz CT molecular complexity index is 595. The molecule has 10 heteroatoms. The summed E-state index contributed by atoms with van der Waals surface area (Å²) >= 11 is 0. The van der Waals surface area contributed by atoms with Crippen molar-refractivity contribution in [2.45, 2.75) is 90.4 Å². The molecule has 6 atom stereocenters. The van der Waals surface area contributed by atoms with Gasteiger partial charge in [-0.3, -0.25) is 0 Å². The first kappa shape index (κ1) is 28.4. The molecule has 0 aromatic rings. The predicted molar refractivity (Wildman–Crippen MR) is 137 cm³/mol. The Morgan fingerprint density at radius 1 is 0.871 bits per heavy atom. The third kappa shape index (κ3) is 7.74. The second-order valence-electron chi connectivity index (χ2n) is 8.67. The van der Waals surface area contributed by atoms with Crippen LogP contribution in [0.3, 0.4) is 0 Å². The fourth-order valence-electron chi connectivity index (χ4n) is 5.74. The molecule has 1 N–H and O–H groups in total. The standard InChI is InChI=1S/C9H17N4P.C8H15N4P.2C2H6/c1-13-6-5-9(7-13)4-2-3-8(9)14-12-11-10;9-11-12-13-7-2-1-3-8(7)4-5-10-6-8;2*1-2/h8,14H,2-7H2,1H3;7,10,13H,1-6H2;2*1-2H3. The Labute approximate surface area is 193 Å². The first-order valence-electron chi connectivity index (χ1n) is 12.1. The van der Waals surface area contributed by atoms with Crippen LogP contribution in [-0.2, 0) is 0 Å². The number of hydrogen-bond donors (Lipinski definition) is 1. The minimum absolute atomic E-state index is 0.459. The van der Waals surface area contributed by atoms with Gasteiger partial charge in [-0.25, -0.2) is 0 Å². The van der Waals surface area contributed by atoms with Crippen LogP contribution in [0.5, 0.6) is 0 Å². The average molecular weight is 471 g/mol. The topological polar surface area (TPSA) is 113 Å². The first-order chi connectivity index (χ1) is 15.1. The molecule has 0 radical (unpaired) electrons. The van der Waals surface area contributed by atoms with E-state index in [2.05, 4.69) is 36.9 Å². The van der Waals surface area contributed by atoms with E-state index in [9.17, 15) is 0 Å². The fourth-order valence-corrected chi connectivity index (χ4v) is 8.11. The summed E-state index contributed by atoms with van der Waals surface area (Å²) in [6, 6.07) is 0. The predicted octanol–water partition coefficient (Wildman–Crippen LogP) is 7.24. The molecule has 4 rings (SSSR count). The lowest BCUT2D eigenvalue weighted by Crippen LogP contribution is -2.29. The van der Waals surface area contributed by atoms with Crippen molar-refractivity contribution in [2.24, 2.45) is 20.6 Å². The molecule has 0 bridgehead atoms. The summed E-state index contributed by atoms with van der Waals surface area (Å²) in [4.78, 5) is 15.7. The summed E-state index contributed by atoms with van der Waals surface area (Å²) in [5.41, 5.74) is 19.0. The summed E-state index contributed by atoms with van der Waals surface area (Å²) in [6.07, 6.45) is 10.4. The van der Waals surface area contributed by atoms with Gasteiger partial charge in [0.25, 0.3) is 0 Å². The Balaban J connectivity index is 0.000000268. The van der Waals surface area contributed by atoms with E-state index < -0.39 is 0 Å². The highest BCUT2D eigenvalue weighted by molar-refractivity contribution is 7.37. The first-order valence-corrected chi connectivity index (χ1v) is 14.2. The Hall–Kier alpha value is -0.600. The monoisotopic (exact) mass is 470 g/mol. The molecular formula is C21H44N8P2. The highest BCUT2D eigenvalue weighted by atomic mass is 31.1. The molecule has 0 aromatic carbocycles. The lowest BCUT2D eigenvalue weighted by atomic mass is 9.85. The van der Waals surface area contributed by atoms with Crippen molar-refractivity contribution in [1.29, 1.82) is 0 Å². The SMILES string of the molecule is CC.CC.CN1CCC2(CCCC2PN=[N+]=[N-])C1.[N-]=[N+]=NPC1CCCC12CCNC2. The normalized spacial score (nSPS) is 34.1. The summed E-state index contributed by atoms with van der Waals surface area (Å²) in [5, 5.41) is 3.43. The molecule has 0 aromatic heterocycles. The van der Waals surface area contributed by atoms with Gasteiger partial charge in [0.2, 0.25) is 0 Å². The summed E-state index contributed by atoms with van der Waals surface area (Å²) < 4.78 is 0. The van der Waals surface area contributed by atoms with Gasteiger partial charge in [-0.2, -0.15) is 0 Å². The molecule has 2 aliphatic heterocycles. The average Bonchev–Trinajstić information content (AvgIpc) is 3.60. The van der Waals surface area contributed by atoms with Crippen LogP contribution >= 0.6 is 17.5 Å². The molecule has 2 heterocycles. The summed E-state index contributed by atoms with van der Waals surface area (Å²) in [7, 11) is 3.12. The smallest absolute Gasteiger partial charge is 0.00447 e. The molecule has 178 valence electrons. The lowest BCUT2D eigenvalue weighted by molar-refractivity contribution is 0.295. The van der Waals surface area contributed by atoms with E-state index >= 15 is 0 Å². The third-order valence-corrected chi connectivity index (χ3v) is 10.0. The van der Waals surface area contributed by atoms with Crippen molar-refractivity contribution in [3.05, 3.63) is 20.9 Å². The largest absolute Gasteiger partial charge is 0.316 e. The minimum atomic E-state index is 0.459. The van der Waals surface area contributed by atoms with Gasteiger partial charge in [-0.15, -0.1) is 0 Å². The van der Waals surface area contributed by atoms with Crippen LogP contribution in [0.1, 0.15) is 79.1 Å². The van der Waals surface area contributed by atoms with Gasteiger partial charge in [-0.1, -0.05) is 50.3 Å². The van der Waals surface area contributed by atoms with Crippen LogP contribution in [0.2, 0.25) is 0 Å². The number of hydrogen-bond acceptors (Lipinski definition) is 4. The molecule has 2 spiro atoms. The van der Waals surface area contributed by atoms with Gasteiger partial charge >= 0.3 is 0 Å². The number of azide groups is 2.